The van der Waals surface area contributed by atoms with Crippen LogP contribution in [0.3, 0.4) is 0 Å². The molecule has 1 unspecified atom stereocenters. The van der Waals surface area contributed by atoms with Gasteiger partial charge in [-0.2, -0.15) is 0 Å². The van der Waals surface area contributed by atoms with Crippen LogP contribution in [0.15, 0.2) is 125 Å². The Morgan fingerprint density at radius 2 is 0.902 bits per heavy atom. The Morgan fingerprint density at radius 1 is 0.561 bits per heavy atom. The molecule has 0 spiro atoms. The van der Waals surface area contributed by atoms with Crippen LogP contribution in [-0.4, -0.2) is 19.6 Å². The summed E-state index contributed by atoms with van der Waals surface area (Å²) in [5.41, 5.74) is 8.30. The first-order chi connectivity index (χ1) is 18.6. The number of allylic oxidation sites excluding steroid dienone is 2. The van der Waals surface area contributed by atoms with Gasteiger partial charge in [0, 0.05) is 0 Å². The fraction of sp³-hybridized carbons (Fsp3) is 0.118. The van der Waals surface area contributed by atoms with Gasteiger partial charge in [0.05, 0.1) is 0 Å². The second kappa shape index (κ2) is 18.6. The SMILES string of the molecule is CC(C)NC1(c2ccccc2)[C]([Ru+3])=C(c2ccccc2)C(c2ccccc2)=C1c1ccccc1.[C]=O.[C]=O.[Cl-].[Cl-].[Cl-]. The molecule has 210 valence electrons. The molecular formula is C34H28Cl3NO2Ru. The third kappa shape index (κ3) is 7.92. The number of carbonyl (C=O) groups excluding carboxylic acids is 2. The molecule has 4 radical (unpaired) electrons. The van der Waals surface area contributed by atoms with E-state index in [1.807, 2.05) is 0 Å². The molecule has 0 aromatic heterocycles. The van der Waals surface area contributed by atoms with Gasteiger partial charge in [-0.15, -0.1) is 0 Å². The molecule has 1 atom stereocenters. The maximum Gasteiger partial charge on any atom is 0.281 e. The van der Waals surface area contributed by atoms with Crippen molar-refractivity contribution in [3.8, 4) is 0 Å². The molecule has 0 bridgehead atoms. The van der Waals surface area contributed by atoms with E-state index in [-0.39, 0.29) is 43.3 Å². The first-order valence-corrected chi connectivity index (χ1v) is 13.0. The van der Waals surface area contributed by atoms with E-state index in [9.17, 15) is 0 Å². The molecule has 0 heterocycles. The molecule has 4 aromatic rings. The molecule has 0 fully saturated rings. The monoisotopic (exact) mass is 689 g/mol. The Balaban J connectivity index is 0.00000219. The maximum absolute atomic E-state index is 7.50. The quantitative estimate of drug-likeness (QED) is 0.232. The van der Waals surface area contributed by atoms with Crippen molar-refractivity contribution < 1.29 is 65.1 Å². The fourth-order valence-corrected chi connectivity index (χ4v) is 6.11. The Hall–Kier alpha value is -2.85. The first kappa shape index (κ1) is 38.2. The van der Waals surface area contributed by atoms with Gasteiger partial charge in [0.15, 0.2) is 0 Å². The molecule has 1 N–H and O–H groups in total. The number of nitrogens with one attached hydrogen (secondary N) is 1. The van der Waals surface area contributed by atoms with Crippen molar-refractivity contribution in [2.75, 3.05) is 0 Å². The third-order valence-corrected chi connectivity index (χ3v) is 7.39. The van der Waals surface area contributed by atoms with Gasteiger partial charge in [-0.05, 0) is 0 Å². The molecule has 0 saturated heterocycles. The van der Waals surface area contributed by atoms with Crippen LogP contribution in [0.25, 0.3) is 16.7 Å². The Labute approximate surface area is 272 Å². The van der Waals surface area contributed by atoms with Crippen LogP contribution in [0.5, 0.6) is 0 Å². The van der Waals surface area contributed by atoms with E-state index < -0.39 is 5.54 Å². The number of hydrogen-bond donors (Lipinski definition) is 1. The minimum Gasteiger partial charge on any atom is -1.00 e. The smallest absolute Gasteiger partial charge is 0.281 e. The zero-order chi connectivity index (χ0) is 27.5. The van der Waals surface area contributed by atoms with Crippen LogP contribution in [0, 0.1) is 0 Å². The van der Waals surface area contributed by atoms with Gasteiger partial charge in [0.25, 0.3) is 13.6 Å². The zero-order valence-corrected chi connectivity index (χ0v) is 26.4. The Kier molecular flexibility index (Phi) is 17.3. The normalized spacial score (nSPS) is 15.2. The molecule has 0 amide bonds. The van der Waals surface area contributed by atoms with Crippen LogP contribution in [0.2, 0.25) is 0 Å². The molecule has 7 heteroatoms. The maximum atomic E-state index is 7.50. The third-order valence-electron chi connectivity index (χ3n) is 6.31. The fourth-order valence-electron chi connectivity index (χ4n) is 5.05. The minimum absolute atomic E-state index is 0. The molecule has 41 heavy (non-hydrogen) atoms. The summed E-state index contributed by atoms with van der Waals surface area (Å²) in [6.07, 6.45) is 0. The molecule has 3 nitrogen and oxygen atoms in total. The number of hydrogen-bond acceptors (Lipinski definition) is 3. The molecule has 0 aliphatic heterocycles. The molecule has 0 saturated carbocycles. The van der Waals surface area contributed by atoms with Crippen LogP contribution < -0.4 is 42.5 Å². The summed E-state index contributed by atoms with van der Waals surface area (Å²) >= 11 is 3.01. The predicted molar refractivity (Wildman–Crippen MR) is 151 cm³/mol. The number of rotatable bonds is 6. The second-order valence-electron chi connectivity index (χ2n) is 8.94. The van der Waals surface area contributed by atoms with Crippen molar-refractivity contribution in [3.63, 3.8) is 0 Å². The van der Waals surface area contributed by atoms with Gasteiger partial charge in [-0.25, -0.2) is 0 Å². The van der Waals surface area contributed by atoms with E-state index in [1.54, 1.807) is 0 Å². The summed E-state index contributed by atoms with van der Waals surface area (Å²) in [6.45, 7) is 13.5. The van der Waals surface area contributed by atoms with Crippen molar-refractivity contribution in [3.05, 3.63) is 148 Å². The Morgan fingerprint density at radius 3 is 1.29 bits per heavy atom. The van der Waals surface area contributed by atoms with Crippen molar-refractivity contribution in [2.45, 2.75) is 25.4 Å². The van der Waals surface area contributed by atoms with E-state index in [0.717, 1.165) is 0 Å². The van der Waals surface area contributed by atoms with Crippen molar-refractivity contribution in [1.29, 1.82) is 0 Å². The predicted octanol–water partition coefficient (Wildman–Crippen LogP) is -2.32. The largest absolute Gasteiger partial charge is 1.00 e. The number of benzene rings is 4. The average Bonchev–Trinajstić information content (AvgIpc) is 3.25. The van der Waals surface area contributed by atoms with Gasteiger partial charge in [0.2, 0.25) is 0 Å². The van der Waals surface area contributed by atoms with Crippen molar-refractivity contribution >= 4 is 30.3 Å². The molecule has 5 rings (SSSR count). The van der Waals surface area contributed by atoms with Gasteiger partial charge in [-0.3, -0.25) is 9.59 Å². The van der Waals surface area contributed by atoms with E-state index in [2.05, 4.69) is 172 Å². The second-order valence-corrected chi connectivity index (χ2v) is 9.81. The summed E-state index contributed by atoms with van der Waals surface area (Å²) in [6, 6.07) is 43.6. The first-order valence-electron chi connectivity index (χ1n) is 12.2. The standard InChI is InChI=1S/C32H28N.2CO.3ClH.Ru/c1-24(2)33-32(28-21-13-6-14-22-28)23-29(25-15-7-3-8-16-25)30(26-17-9-4-10-18-26)31(32)27-19-11-5-12-20-27;2*1-2;;;;/h3-22,24,33H,1-2H3;;;3*1H;/q;;;;;;+3/p-3. The van der Waals surface area contributed by atoms with E-state index in [1.165, 1.54) is 43.1 Å². The summed E-state index contributed by atoms with van der Waals surface area (Å²) < 4.78 is 1.26. The summed E-state index contributed by atoms with van der Waals surface area (Å²) in [5, 5.41) is 4.04. The van der Waals surface area contributed by atoms with E-state index in [4.69, 9.17) is 9.59 Å². The van der Waals surface area contributed by atoms with Gasteiger partial charge in [-0.1, -0.05) is 0 Å². The van der Waals surface area contributed by atoms with E-state index in [0.29, 0.717) is 0 Å². The van der Waals surface area contributed by atoms with Crippen molar-refractivity contribution in [1.82, 2.24) is 5.32 Å². The Bertz CT molecular complexity index is 1380. The van der Waals surface area contributed by atoms with Gasteiger partial charge in [0.1, 0.15) is 0 Å². The van der Waals surface area contributed by atoms with E-state index >= 15 is 0 Å². The van der Waals surface area contributed by atoms with Gasteiger partial charge >= 0.3 is 214 Å². The van der Waals surface area contributed by atoms with Crippen LogP contribution >= 0.6 is 0 Å². The topological polar surface area (TPSA) is 46.2 Å². The van der Waals surface area contributed by atoms with Gasteiger partial charge < -0.3 is 37.2 Å². The minimum atomic E-state index is -0.482. The van der Waals surface area contributed by atoms with Crippen LogP contribution in [0.1, 0.15) is 36.1 Å². The number of halogens is 3. The van der Waals surface area contributed by atoms with Crippen LogP contribution in [-0.2, 0) is 33.4 Å². The van der Waals surface area contributed by atoms with Crippen LogP contribution in [0.4, 0.5) is 0 Å². The molecule has 1 aliphatic rings. The molecule has 1 aliphatic carbocycles. The summed E-state index contributed by atoms with van der Waals surface area (Å²) in [5.74, 6) is 0. The summed E-state index contributed by atoms with van der Waals surface area (Å²) in [4.78, 5) is 15.0. The van der Waals surface area contributed by atoms with Crippen molar-refractivity contribution in [2.24, 2.45) is 0 Å². The summed E-state index contributed by atoms with van der Waals surface area (Å²) in [7, 11) is 0. The molecular weight excluding hydrogens is 662 g/mol. The molecule has 4 aromatic carbocycles. The average molecular weight is 690 g/mol. The zero-order valence-electron chi connectivity index (χ0n) is 22.4.